The number of carbonyl (C=O) groups excluding carboxylic acids is 3. The van der Waals surface area contributed by atoms with Crippen LogP contribution in [0, 0.1) is 24.7 Å². The van der Waals surface area contributed by atoms with Gasteiger partial charge < -0.3 is 20.6 Å². The number of unbranched alkanes of at least 4 members (excludes halogenated alkanes) is 3. The number of anilines is 1. The third-order valence-corrected chi connectivity index (χ3v) is 10.2. The maximum absolute atomic E-state index is 13.9. The molecule has 3 aliphatic heterocycles. The summed E-state index contributed by atoms with van der Waals surface area (Å²) in [6, 6.07) is 4.80. The average molecular weight is 508 g/mol. The van der Waals surface area contributed by atoms with E-state index < -0.39 is 22.6 Å². The highest BCUT2D eigenvalue weighted by Crippen LogP contribution is 2.68. The van der Waals surface area contributed by atoms with Crippen LogP contribution < -0.4 is 10.6 Å². The Morgan fingerprint density at radius 2 is 1.97 bits per heavy atom. The molecule has 3 aliphatic rings. The number of aliphatic hydroxyl groups is 1. The number of nitrogens with one attached hydrogen (secondary N) is 2. The van der Waals surface area contributed by atoms with Crippen LogP contribution in [-0.4, -0.2) is 64.0 Å². The maximum atomic E-state index is 13.9. The van der Waals surface area contributed by atoms with E-state index in [1.165, 1.54) is 0 Å². The molecule has 1 aromatic rings. The summed E-state index contributed by atoms with van der Waals surface area (Å²) in [5, 5.41) is 15.3. The van der Waals surface area contributed by atoms with Crippen molar-refractivity contribution in [3.63, 3.8) is 0 Å². The van der Waals surface area contributed by atoms with Gasteiger partial charge in [0.05, 0.1) is 27.3 Å². The van der Waals surface area contributed by atoms with E-state index in [0.29, 0.717) is 17.3 Å². The maximum Gasteiger partial charge on any atom is 0.248 e. The molecule has 3 saturated heterocycles. The van der Waals surface area contributed by atoms with Crippen molar-refractivity contribution in [1.29, 1.82) is 0 Å². The minimum absolute atomic E-state index is 0.0351. The summed E-state index contributed by atoms with van der Waals surface area (Å²) in [5.41, 5.74) is 1.42. The van der Waals surface area contributed by atoms with Crippen molar-refractivity contribution in [2.75, 3.05) is 25.5 Å². The number of thioether (sulfide) groups is 1. The van der Waals surface area contributed by atoms with Gasteiger partial charge in [-0.25, -0.2) is 0 Å². The van der Waals surface area contributed by atoms with Gasteiger partial charge in [-0.2, -0.15) is 0 Å². The second-order valence-corrected chi connectivity index (χ2v) is 11.7. The quantitative estimate of drug-likeness (QED) is 0.446. The number of likely N-dealkylation sites (tertiary alicyclic amines) is 1. The van der Waals surface area contributed by atoms with Gasteiger partial charge >= 0.3 is 0 Å². The molecule has 0 saturated carbocycles. The zero-order chi connectivity index (χ0) is 24.6. The molecule has 2 bridgehead atoms. The van der Waals surface area contributed by atoms with E-state index in [9.17, 15) is 14.4 Å². The number of benzene rings is 1. The Hall–Kier alpha value is -1.77. The number of aryl methyl sites for hydroxylation is 1. The number of para-hydroxylation sites is 1. The van der Waals surface area contributed by atoms with Crippen molar-refractivity contribution < 1.29 is 19.5 Å². The van der Waals surface area contributed by atoms with E-state index in [4.69, 9.17) is 16.7 Å². The van der Waals surface area contributed by atoms with Crippen LogP contribution in [0.5, 0.6) is 0 Å². The first-order valence-corrected chi connectivity index (χ1v) is 13.4. The monoisotopic (exact) mass is 507 g/mol. The summed E-state index contributed by atoms with van der Waals surface area (Å²) in [5.74, 6) is -1.24. The van der Waals surface area contributed by atoms with E-state index in [-0.39, 0.29) is 35.5 Å². The molecule has 0 aliphatic carbocycles. The number of hydrogen-bond acceptors (Lipinski definition) is 5. The standard InChI is InChI=1S/C25H34ClN3O4S/c1-14-9-8-10-16(26)20(14)28-23(32)21-25-15(2)13-17(34-25)18(22(31)27-3)19(25)24(33)29(21)11-6-4-5-7-12-30/h8-10,15,17-19,21,30H,4-7,11-13H2,1-3H3,(H,27,31)(H,28,32)/t15?,17-,18+,19-,21?,25?/m0/s1. The number of hydrogen-bond donors (Lipinski definition) is 3. The minimum Gasteiger partial charge on any atom is -0.396 e. The summed E-state index contributed by atoms with van der Waals surface area (Å²) < 4.78 is -0.636. The lowest BCUT2D eigenvalue weighted by atomic mass is 9.66. The summed E-state index contributed by atoms with van der Waals surface area (Å²) >= 11 is 8.07. The first-order chi connectivity index (χ1) is 16.3. The Balaban J connectivity index is 1.68. The van der Waals surface area contributed by atoms with E-state index in [0.717, 1.165) is 37.7 Å². The zero-order valence-electron chi connectivity index (χ0n) is 20.0. The number of carbonyl (C=O) groups is 3. The number of rotatable bonds is 9. The van der Waals surface area contributed by atoms with Crippen molar-refractivity contribution in [2.45, 2.75) is 62.0 Å². The van der Waals surface area contributed by atoms with Gasteiger partial charge in [-0.1, -0.05) is 43.5 Å². The highest BCUT2D eigenvalue weighted by atomic mass is 35.5. The minimum atomic E-state index is -0.668. The Kier molecular flexibility index (Phi) is 7.50. The van der Waals surface area contributed by atoms with Crippen molar-refractivity contribution in [3.8, 4) is 0 Å². The molecule has 34 heavy (non-hydrogen) atoms. The molecule has 1 spiro atoms. The van der Waals surface area contributed by atoms with Crippen molar-refractivity contribution in [3.05, 3.63) is 28.8 Å². The second-order valence-electron chi connectivity index (χ2n) is 9.76. The Morgan fingerprint density at radius 3 is 2.65 bits per heavy atom. The Morgan fingerprint density at radius 1 is 1.24 bits per heavy atom. The molecule has 3 unspecified atom stereocenters. The molecular formula is C25H34ClN3O4S. The smallest absolute Gasteiger partial charge is 0.248 e. The van der Waals surface area contributed by atoms with Gasteiger partial charge in [0, 0.05) is 25.4 Å². The summed E-state index contributed by atoms with van der Waals surface area (Å²) in [6.07, 6.45) is 4.02. The highest BCUT2D eigenvalue weighted by molar-refractivity contribution is 8.02. The van der Waals surface area contributed by atoms with Crippen molar-refractivity contribution in [1.82, 2.24) is 10.2 Å². The summed E-state index contributed by atoms with van der Waals surface area (Å²) in [4.78, 5) is 42.4. The number of aliphatic hydroxyl groups excluding tert-OH is 1. The summed E-state index contributed by atoms with van der Waals surface area (Å²) in [6.45, 7) is 4.61. The highest BCUT2D eigenvalue weighted by Gasteiger charge is 2.75. The van der Waals surface area contributed by atoms with Crippen molar-refractivity contribution >= 4 is 46.8 Å². The number of halogens is 1. The van der Waals surface area contributed by atoms with E-state index >= 15 is 0 Å². The van der Waals surface area contributed by atoms with Crippen LogP contribution >= 0.6 is 23.4 Å². The summed E-state index contributed by atoms with van der Waals surface area (Å²) in [7, 11) is 1.61. The second kappa shape index (κ2) is 10.1. The molecule has 3 amide bonds. The van der Waals surface area contributed by atoms with Crippen LogP contribution in [0.2, 0.25) is 5.02 Å². The van der Waals surface area contributed by atoms with E-state index in [1.807, 2.05) is 19.1 Å². The number of nitrogens with zero attached hydrogens (tertiary/aromatic N) is 1. The number of fused-ring (bicyclic) bond motifs is 1. The Labute approximate surface area is 210 Å². The average Bonchev–Trinajstić information content (AvgIpc) is 3.39. The van der Waals surface area contributed by atoms with Gasteiger partial charge in [0.1, 0.15) is 6.04 Å². The molecule has 6 atom stereocenters. The molecule has 0 aromatic heterocycles. The van der Waals surface area contributed by atoms with Crippen LogP contribution in [0.15, 0.2) is 18.2 Å². The number of amides is 3. The van der Waals surface area contributed by atoms with Crippen LogP contribution in [0.25, 0.3) is 0 Å². The third kappa shape index (κ3) is 4.01. The van der Waals surface area contributed by atoms with Gasteiger partial charge in [0.2, 0.25) is 17.7 Å². The molecule has 4 rings (SSSR count). The molecule has 3 N–H and O–H groups in total. The molecular weight excluding hydrogens is 474 g/mol. The molecule has 0 radical (unpaired) electrons. The third-order valence-electron chi connectivity index (χ3n) is 7.82. The van der Waals surface area contributed by atoms with Gasteiger partial charge in [0.15, 0.2) is 0 Å². The molecule has 186 valence electrons. The van der Waals surface area contributed by atoms with Crippen LogP contribution in [0.3, 0.4) is 0 Å². The van der Waals surface area contributed by atoms with E-state index in [2.05, 4.69) is 17.6 Å². The van der Waals surface area contributed by atoms with Crippen LogP contribution in [0.1, 0.15) is 44.6 Å². The van der Waals surface area contributed by atoms with Gasteiger partial charge in [-0.15, -0.1) is 11.8 Å². The zero-order valence-corrected chi connectivity index (χ0v) is 21.5. The molecule has 3 fully saturated rings. The lowest BCUT2D eigenvalue weighted by molar-refractivity contribution is -0.139. The van der Waals surface area contributed by atoms with Crippen LogP contribution in [-0.2, 0) is 14.4 Å². The Bertz CT molecular complexity index is 955. The first kappa shape index (κ1) is 25.3. The van der Waals surface area contributed by atoms with E-state index in [1.54, 1.807) is 29.8 Å². The SMILES string of the molecule is CNC(=O)[C@@H]1[C@@H]2CC(C)C3(S2)C(C(=O)Nc2c(C)cccc2Cl)N(CCCCCCO)C(=O)[C@H]13. The molecule has 3 heterocycles. The van der Waals surface area contributed by atoms with Gasteiger partial charge in [-0.05, 0) is 43.7 Å². The normalized spacial score (nSPS) is 31.6. The van der Waals surface area contributed by atoms with Gasteiger partial charge in [0.25, 0.3) is 0 Å². The lowest BCUT2D eigenvalue weighted by Crippen LogP contribution is -2.55. The lowest BCUT2D eigenvalue weighted by Gasteiger charge is -2.38. The molecule has 7 nitrogen and oxygen atoms in total. The first-order valence-electron chi connectivity index (χ1n) is 12.1. The largest absolute Gasteiger partial charge is 0.396 e. The fraction of sp³-hybridized carbons (Fsp3) is 0.640. The predicted octanol–water partition coefficient (Wildman–Crippen LogP) is 3.22. The predicted molar refractivity (Wildman–Crippen MR) is 135 cm³/mol. The van der Waals surface area contributed by atoms with Gasteiger partial charge in [-0.3, -0.25) is 14.4 Å². The van der Waals surface area contributed by atoms with Crippen molar-refractivity contribution in [2.24, 2.45) is 17.8 Å². The van der Waals surface area contributed by atoms with Crippen LogP contribution in [0.4, 0.5) is 5.69 Å². The molecule has 9 heteroatoms. The fourth-order valence-electron chi connectivity index (χ4n) is 6.26. The molecule has 1 aromatic carbocycles. The topological polar surface area (TPSA) is 98.7 Å². The fourth-order valence-corrected chi connectivity index (χ4v) is 8.95.